The summed E-state index contributed by atoms with van der Waals surface area (Å²) >= 11 is 2.13. The average molecular weight is 346 g/mol. The second-order valence-corrected chi connectivity index (χ2v) is 5.19. The Morgan fingerprint density at radius 2 is 2.24 bits per heavy atom. The quantitative estimate of drug-likeness (QED) is 0.625. The van der Waals surface area contributed by atoms with Crippen LogP contribution in [0.1, 0.15) is 6.42 Å². The van der Waals surface area contributed by atoms with E-state index in [0.29, 0.717) is 11.4 Å². The predicted octanol–water partition coefficient (Wildman–Crippen LogP) is 1.31. The zero-order valence-electron chi connectivity index (χ0n) is 8.89. The highest BCUT2D eigenvalue weighted by Crippen LogP contribution is 2.30. The third-order valence-corrected chi connectivity index (χ3v) is 3.43. The van der Waals surface area contributed by atoms with Crippen molar-refractivity contribution in [3.8, 4) is 0 Å². The molecule has 1 aromatic rings. The molecule has 1 saturated heterocycles. The van der Waals surface area contributed by atoms with Gasteiger partial charge in [0.1, 0.15) is 0 Å². The number of anilines is 2. The standard InChI is InChI=1S/C11H11IN2O3/c12-7-1-2-9(8(13)4-7)14-5-6(11(16)17)3-10(14)15/h1-2,4,6H,3,5,13H2,(H,16,17). The summed E-state index contributed by atoms with van der Waals surface area (Å²) in [4.78, 5) is 24.0. The Bertz CT molecular complexity index is 490. The number of rotatable bonds is 2. The summed E-state index contributed by atoms with van der Waals surface area (Å²) < 4.78 is 0.977. The van der Waals surface area contributed by atoms with E-state index in [1.165, 1.54) is 4.90 Å². The first-order valence-electron chi connectivity index (χ1n) is 5.07. The van der Waals surface area contributed by atoms with Gasteiger partial charge in [0.25, 0.3) is 0 Å². The number of carbonyl (C=O) groups excluding carboxylic acids is 1. The van der Waals surface area contributed by atoms with Crippen LogP contribution in [0.2, 0.25) is 0 Å². The summed E-state index contributed by atoms with van der Waals surface area (Å²) in [7, 11) is 0. The molecule has 17 heavy (non-hydrogen) atoms. The molecule has 5 nitrogen and oxygen atoms in total. The molecule has 1 aliphatic heterocycles. The molecule has 0 aliphatic carbocycles. The lowest BCUT2D eigenvalue weighted by Crippen LogP contribution is -2.26. The van der Waals surface area contributed by atoms with Gasteiger partial charge in [-0.2, -0.15) is 0 Å². The monoisotopic (exact) mass is 346 g/mol. The summed E-state index contributed by atoms with van der Waals surface area (Å²) in [5.74, 6) is -1.77. The van der Waals surface area contributed by atoms with Crippen LogP contribution in [0.5, 0.6) is 0 Å². The number of nitrogen functional groups attached to an aromatic ring is 1. The second-order valence-electron chi connectivity index (χ2n) is 3.95. The number of nitrogens with zero attached hydrogens (tertiary/aromatic N) is 1. The van der Waals surface area contributed by atoms with E-state index in [1.54, 1.807) is 12.1 Å². The van der Waals surface area contributed by atoms with Crippen molar-refractivity contribution < 1.29 is 14.7 Å². The van der Waals surface area contributed by atoms with E-state index in [4.69, 9.17) is 10.8 Å². The van der Waals surface area contributed by atoms with Crippen LogP contribution in [-0.2, 0) is 9.59 Å². The van der Waals surface area contributed by atoms with Gasteiger partial charge in [0.15, 0.2) is 0 Å². The smallest absolute Gasteiger partial charge is 0.308 e. The van der Waals surface area contributed by atoms with Crippen molar-refractivity contribution in [1.29, 1.82) is 0 Å². The third-order valence-electron chi connectivity index (χ3n) is 2.75. The zero-order valence-corrected chi connectivity index (χ0v) is 11.0. The summed E-state index contributed by atoms with van der Waals surface area (Å²) in [5.41, 5.74) is 6.93. The van der Waals surface area contributed by atoms with Gasteiger partial charge in [0.2, 0.25) is 5.91 Å². The van der Waals surface area contributed by atoms with Crippen molar-refractivity contribution in [3.63, 3.8) is 0 Å². The van der Waals surface area contributed by atoms with E-state index in [0.717, 1.165) is 3.57 Å². The first-order chi connectivity index (χ1) is 7.99. The largest absolute Gasteiger partial charge is 0.481 e. The Hall–Kier alpha value is -1.31. The SMILES string of the molecule is Nc1cc(I)ccc1N1CC(C(=O)O)CC1=O. The van der Waals surface area contributed by atoms with E-state index in [9.17, 15) is 9.59 Å². The lowest BCUT2D eigenvalue weighted by molar-refractivity contribution is -0.141. The van der Waals surface area contributed by atoms with Crippen molar-refractivity contribution in [1.82, 2.24) is 0 Å². The summed E-state index contributed by atoms with van der Waals surface area (Å²) in [5, 5.41) is 8.90. The van der Waals surface area contributed by atoms with Crippen molar-refractivity contribution in [3.05, 3.63) is 21.8 Å². The maximum Gasteiger partial charge on any atom is 0.308 e. The Morgan fingerprint density at radius 1 is 1.53 bits per heavy atom. The second kappa shape index (κ2) is 4.52. The molecule has 1 fully saturated rings. The van der Waals surface area contributed by atoms with Crippen LogP contribution >= 0.6 is 22.6 Å². The number of carboxylic acids is 1. The molecule has 1 atom stereocenters. The van der Waals surface area contributed by atoms with Crippen molar-refractivity contribution in [2.45, 2.75) is 6.42 Å². The number of aliphatic carboxylic acids is 1. The molecule has 1 aliphatic rings. The van der Waals surface area contributed by atoms with Crippen LogP contribution in [0, 0.1) is 9.49 Å². The minimum absolute atomic E-state index is 0.0424. The molecule has 90 valence electrons. The molecule has 0 spiro atoms. The number of hydrogen-bond donors (Lipinski definition) is 2. The Labute approximate surface area is 112 Å². The highest BCUT2D eigenvalue weighted by atomic mass is 127. The molecule has 1 heterocycles. The molecule has 6 heteroatoms. The minimum Gasteiger partial charge on any atom is -0.481 e. The molecular formula is C11H11IN2O3. The van der Waals surface area contributed by atoms with Crippen LogP contribution in [0.3, 0.4) is 0 Å². The Morgan fingerprint density at radius 3 is 2.76 bits per heavy atom. The Balaban J connectivity index is 2.29. The molecule has 1 aromatic carbocycles. The first kappa shape index (κ1) is 12.2. The van der Waals surface area contributed by atoms with Gasteiger partial charge >= 0.3 is 5.97 Å². The van der Waals surface area contributed by atoms with Crippen LogP contribution in [0.15, 0.2) is 18.2 Å². The van der Waals surface area contributed by atoms with Gasteiger partial charge < -0.3 is 15.7 Å². The summed E-state index contributed by atoms with van der Waals surface area (Å²) in [6, 6.07) is 5.35. The van der Waals surface area contributed by atoms with Gasteiger partial charge in [0, 0.05) is 16.5 Å². The fraction of sp³-hybridized carbons (Fsp3) is 0.273. The van der Waals surface area contributed by atoms with E-state index >= 15 is 0 Å². The number of amides is 1. The highest BCUT2D eigenvalue weighted by Gasteiger charge is 2.35. The highest BCUT2D eigenvalue weighted by molar-refractivity contribution is 14.1. The Kier molecular flexibility index (Phi) is 3.23. The number of hydrogen-bond acceptors (Lipinski definition) is 3. The van der Waals surface area contributed by atoms with E-state index < -0.39 is 11.9 Å². The number of carbonyl (C=O) groups is 2. The topological polar surface area (TPSA) is 83.6 Å². The minimum atomic E-state index is -0.940. The number of nitrogens with two attached hydrogens (primary N) is 1. The fourth-order valence-corrected chi connectivity index (χ4v) is 2.39. The molecule has 3 N–H and O–H groups in total. The number of benzene rings is 1. The van der Waals surface area contributed by atoms with Gasteiger partial charge in [0.05, 0.1) is 17.3 Å². The normalized spacial score (nSPS) is 19.7. The number of halogens is 1. The fourth-order valence-electron chi connectivity index (χ4n) is 1.88. The average Bonchev–Trinajstić information content (AvgIpc) is 2.61. The van der Waals surface area contributed by atoms with Crippen LogP contribution < -0.4 is 10.6 Å². The first-order valence-corrected chi connectivity index (χ1v) is 6.15. The molecular weight excluding hydrogens is 335 g/mol. The summed E-state index contributed by atoms with van der Waals surface area (Å²) in [6.07, 6.45) is 0.0424. The summed E-state index contributed by atoms with van der Waals surface area (Å²) in [6.45, 7) is 0.193. The molecule has 1 unspecified atom stereocenters. The van der Waals surface area contributed by atoms with Gasteiger partial charge in [-0.15, -0.1) is 0 Å². The van der Waals surface area contributed by atoms with Gasteiger partial charge in [-0.25, -0.2) is 0 Å². The molecule has 0 radical (unpaired) electrons. The van der Waals surface area contributed by atoms with Crippen LogP contribution in [0.25, 0.3) is 0 Å². The van der Waals surface area contributed by atoms with Gasteiger partial charge in [-0.05, 0) is 40.8 Å². The lowest BCUT2D eigenvalue weighted by atomic mass is 10.1. The van der Waals surface area contributed by atoms with Crippen LogP contribution in [-0.4, -0.2) is 23.5 Å². The maximum atomic E-state index is 11.7. The maximum absolute atomic E-state index is 11.7. The van der Waals surface area contributed by atoms with Gasteiger partial charge in [-0.3, -0.25) is 9.59 Å². The van der Waals surface area contributed by atoms with Crippen LogP contribution in [0.4, 0.5) is 11.4 Å². The molecule has 0 bridgehead atoms. The van der Waals surface area contributed by atoms with Crippen molar-refractivity contribution in [2.75, 3.05) is 17.2 Å². The molecule has 0 saturated carbocycles. The van der Waals surface area contributed by atoms with E-state index in [-0.39, 0.29) is 18.9 Å². The predicted molar refractivity (Wildman–Crippen MR) is 71.7 cm³/mol. The third kappa shape index (κ3) is 2.36. The lowest BCUT2D eigenvalue weighted by Gasteiger charge is -2.18. The van der Waals surface area contributed by atoms with Crippen molar-refractivity contribution >= 4 is 45.8 Å². The molecule has 0 aromatic heterocycles. The van der Waals surface area contributed by atoms with Crippen molar-refractivity contribution in [2.24, 2.45) is 5.92 Å². The van der Waals surface area contributed by atoms with E-state index in [2.05, 4.69) is 22.6 Å². The molecule has 2 rings (SSSR count). The molecule has 1 amide bonds. The zero-order chi connectivity index (χ0) is 12.6. The van der Waals surface area contributed by atoms with E-state index in [1.807, 2.05) is 6.07 Å². The van der Waals surface area contributed by atoms with Gasteiger partial charge in [-0.1, -0.05) is 0 Å². The number of carboxylic acid groups (broad SMARTS) is 1.